The Balaban J connectivity index is 1.79. The molecular weight excluding hydrogens is 490 g/mol. The van der Waals surface area contributed by atoms with Crippen molar-refractivity contribution in [3.63, 3.8) is 0 Å². The molecule has 1 unspecified atom stereocenters. The Morgan fingerprint density at radius 2 is 1.72 bits per heavy atom. The van der Waals surface area contributed by atoms with Gasteiger partial charge in [0.25, 0.3) is 0 Å². The largest absolute Gasteiger partial charge is 0.493 e. The van der Waals surface area contributed by atoms with Crippen molar-refractivity contribution in [3.05, 3.63) is 59.7 Å². The number of hydrogen-bond acceptors (Lipinski definition) is 6. The minimum atomic E-state index is -0.132. The SMILES string of the molecule is COCCCOc1cc(C[C@@H](CC(N[C@@H](C)c2ccccc2)[C@@H]2C[C@@H](C(C)C)C(=O)O2)C(C)C)ccc1OC. The first-order valence-electron chi connectivity index (χ1n) is 14.5. The molecule has 1 N–H and O–H groups in total. The summed E-state index contributed by atoms with van der Waals surface area (Å²) in [7, 11) is 3.37. The Morgan fingerprint density at radius 3 is 2.33 bits per heavy atom. The molecule has 3 rings (SSSR count). The maximum Gasteiger partial charge on any atom is 0.309 e. The van der Waals surface area contributed by atoms with E-state index < -0.39 is 0 Å². The quantitative estimate of drug-likeness (QED) is 0.191. The highest BCUT2D eigenvalue weighted by Crippen LogP contribution is 2.35. The van der Waals surface area contributed by atoms with E-state index >= 15 is 0 Å². The van der Waals surface area contributed by atoms with E-state index in [0.717, 1.165) is 37.2 Å². The predicted molar refractivity (Wildman–Crippen MR) is 156 cm³/mol. The zero-order valence-corrected chi connectivity index (χ0v) is 24.9. The number of methoxy groups -OCH3 is 2. The average Bonchev–Trinajstić information content (AvgIpc) is 3.32. The molecule has 0 aromatic heterocycles. The van der Waals surface area contributed by atoms with Gasteiger partial charge in [0.15, 0.2) is 11.5 Å². The maximum atomic E-state index is 12.7. The van der Waals surface area contributed by atoms with E-state index in [1.54, 1.807) is 14.2 Å². The molecule has 0 aliphatic carbocycles. The van der Waals surface area contributed by atoms with Crippen molar-refractivity contribution < 1.29 is 23.7 Å². The molecule has 6 heteroatoms. The molecule has 0 bridgehead atoms. The van der Waals surface area contributed by atoms with E-state index in [1.807, 2.05) is 12.1 Å². The van der Waals surface area contributed by atoms with Gasteiger partial charge in [0, 0.05) is 32.2 Å². The molecule has 1 saturated heterocycles. The highest BCUT2D eigenvalue weighted by molar-refractivity contribution is 5.75. The normalized spacial score (nSPS) is 19.7. The molecule has 5 atom stereocenters. The topological polar surface area (TPSA) is 66.0 Å². The van der Waals surface area contributed by atoms with Gasteiger partial charge in [-0.05, 0) is 67.2 Å². The highest BCUT2D eigenvalue weighted by Gasteiger charge is 2.41. The number of rotatable bonds is 16. The molecule has 216 valence electrons. The second-order valence-corrected chi connectivity index (χ2v) is 11.6. The molecule has 0 spiro atoms. The van der Waals surface area contributed by atoms with Crippen LogP contribution < -0.4 is 14.8 Å². The van der Waals surface area contributed by atoms with Crippen LogP contribution in [0.2, 0.25) is 0 Å². The maximum absolute atomic E-state index is 12.7. The molecule has 39 heavy (non-hydrogen) atoms. The van der Waals surface area contributed by atoms with Gasteiger partial charge in [-0.15, -0.1) is 0 Å². The van der Waals surface area contributed by atoms with E-state index in [1.165, 1.54) is 11.1 Å². The molecule has 0 radical (unpaired) electrons. The molecule has 6 nitrogen and oxygen atoms in total. The summed E-state index contributed by atoms with van der Waals surface area (Å²) in [5.41, 5.74) is 2.45. The van der Waals surface area contributed by atoms with Crippen molar-refractivity contribution in [1.82, 2.24) is 5.32 Å². The molecule has 0 amide bonds. The van der Waals surface area contributed by atoms with Crippen LogP contribution in [0.5, 0.6) is 11.5 Å². The summed E-state index contributed by atoms with van der Waals surface area (Å²) in [5, 5.41) is 3.86. The van der Waals surface area contributed by atoms with E-state index in [2.05, 4.69) is 76.3 Å². The summed E-state index contributed by atoms with van der Waals surface area (Å²) < 4.78 is 22.8. The lowest BCUT2D eigenvalue weighted by Crippen LogP contribution is -2.43. The minimum absolute atomic E-state index is 0.0387. The Morgan fingerprint density at radius 1 is 0.974 bits per heavy atom. The number of hydrogen-bond donors (Lipinski definition) is 1. The Bertz CT molecular complexity index is 1010. The zero-order chi connectivity index (χ0) is 28.4. The second kappa shape index (κ2) is 15.3. The van der Waals surface area contributed by atoms with Gasteiger partial charge in [0.1, 0.15) is 6.10 Å². The third-order valence-electron chi connectivity index (χ3n) is 8.05. The fourth-order valence-corrected chi connectivity index (χ4v) is 5.47. The van der Waals surface area contributed by atoms with Gasteiger partial charge < -0.3 is 24.3 Å². The van der Waals surface area contributed by atoms with Gasteiger partial charge in [0.2, 0.25) is 0 Å². The molecule has 1 aliphatic rings. The average molecular weight is 540 g/mol. The number of benzene rings is 2. The van der Waals surface area contributed by atoms with Crippen LogP contribution in [-0.4, -0.2) is 45.5 Å². The summed E-state index contributed by atoms with van der Waals surface area (Å²) >= 11 is 0. The summed E-state index contributed by atoms with van der Waals surface area (Å²) in [4.78, 5) is 12.7. The third-order valence-corrected chi connectivity index (χ3v) is 8.05. The van der Waals surface area contributed by atoms with E-state index in [9.17, 15) is 4.79 Å². The van der Waals surface area contributed by atoms with E-state index in [-0.39, 0.29) is 36.0 Å². The van der Waals surface area contributed by atoms with Crippen LogP contribution in [-0.2, 0) is 20.7 Å². The highest BCUT2D eigenvalue weighted by atomic mass is 16.6. The van der Waals surface area contributed by atoms with Gasteiger partial charge >= 0.3 is 5.97 Å². The zero-order valence-electron chi connectivity index (χ0n) is 24.9. The monoisotopic (exact) mass is 539 g/mol. The van der Waals surface area contributed by atoms with Gasteiger partial charge in [-0.2, -0.15) is 0 Å². The van der Waals surface area contributed by atoms with Gasteiger partial charge in [0.05, 0.1) is 19.6 Å². The summed E-state index contributed by atoms with van der Waals surface area (Å²) in [5.74, 6) is 2.53. The first kappa shape index (κ1) is 31.0. The standard InChI is InChI=1S/C33H49NO5/c1-22(2)27(18-25-14-15-30(37-7)32(19-25)38-17-11-16-36-6)20-29(31-21-28(23(3)4)33(35)39-31)34-24(5)26-12-9-8-10-13-26/h8-10,12-15,19,22-24,27-29,31,34H,11,16-18,20-21H2,1-7H3/t24-,27-,28-,29?,31-/m0/s1. The number of ether oxygens (including phenoxy) is 4. The molecule has 2 aromatic rings. The lowest BCUT2D eigenvalue weighted by molar-refractivity contribution is -0.146. The number of cyclic esters (lactones) is 1. The van der Waals surface area contributed by atoms with Crippen LogP contribution in [0.15, 0.2) is 48.5 Å². The molecule has 1 heterocycles. The smallest absolute Gasteiger partial charge is 0.309 e. The van der Waals surface area contributed by atoms with Crippen molar-refractivity contribution >= 4 is 5.97 Å². The predicted octanol–water partition coefficient (Wildman–Crippen LogP) is 6.62. The van der Waals surface area contributed by atoms with Crippen molar-refractivity contribution in [2.45, 2.75) is 78.5 Å². The van der Waals surface area contributed by atoms with Crippen molar-refractivity contribution in [2.75, 3.05) is 27.4 Å². The van der Waals surface area contributed by atoms with E-state index in [0.29, 0.717) is 25.0 Å². The Hall–Kier alpha value is -2.57. The number of esters is 1. The van der Waals surface area contributed by atoms with Crippen LogP contribution in [0.3, 0.4) is 0 Å². The van der Waals surface area contributed by atoms with Gasteiger partial charge in [-0.3, -0.25) is 4.79 Å². The Labute approximate surface area is 235 Å². The van der Waals surface area contributed by atoms with Gasteiger partial charge in [-0.1, -0.05) is 64.1 Å². The second-order valence-electron chi connectivity index (χ2n) is 11.6. The van der Waals surface area contributed by atoms with Crippen molar-refractivity contribution in [1.29, 1.82) is 0 Å². The molecular formula is C33H49NO5. The third kappa shape index (κ3) is 8.97. The number of carbonyl (C=O) groups excluding carboxylic acids is 1. The van der Waals surface area contributed by atoms with Crippen LogP contribution >= 0.6 is 0 Å². The number of nitrogens with one attached hydrogen (secondary N) is 1. The molecule has 0 saturated carbocycles. The minimum Gasteiger partial charge on any atom is -0.493 e. The van der Waals surface area contributed by atoms with E-state index in [4.69, 9.17) is 18.9 Å². The van der Waals surface area contributed by atoms with Gasteiger partial charge in [-0.25, -0.2) is 0 Å². The first-order chi connectivity index (χ1) is 18.7. The van der Waals surface area contributed by atoms with Crippen LogP contribution in [0, 0.1) is 23.7 Å². The van der Waals surface area contributed by atoms with Crippen LogP contribution in [0.25, 0.3) is 0 Å². The number of carbonyl (C=O) groups is 1. The molecule has 1 fully saturated rings. The van der Waals surface area contributed by atoms with Crippen LogP contribution in [0.1, 0.15) is 71.0 Å². The van der Waals surface area contributed by atoms with Crippen LogP contribution in [0.4, 0.5) is 0 Å². The van der Waals surface area contributed by atoms with Crippen molar-refractivity contribution in [3.8, 4) is 11.5 Å². The Kier molecular flexibility index (Phi) is 12.1. The summed E-state index contributed by atoms with van der Waals surface area (Å²) in [6, 6.07) is 16.9. The fraction of sp³-hybridized carbons (Fsp3) is 0.606. The first-order valence-corrected chi connectivity index (χ1v) is 14.5. The van der Waals surface area contributed by atoms with Crippen molar-refractivity contribution in [2.24, 2.45) is 23.7 Å². The fourth-order valence-electron chi connectivity index (χ4n) is 5.47. The lowest BCUT2D eigenvalue weighted by atomic mass is 9.81. The molecule has 1 aliphatic heterocycles. The lowest BCUT2D eigenvalue weighted by Gasteiger charge is -2.32. The summed E-state index contributed by atoms with van der Waals surface area (Å²) in [6.07, 6.45) is 3.27. The molecule has 2 aromatic carbocycles. The summed E-state index contributed by atoms with van der Waals surface area (Å²) in [6.45, 7) is 12.2.